The average molecular weight is 1020 g/mol. The first-order valence-electron chi connectivity index (χ1n) is 30.9. The second-order valence-electron chi connectivity index (χ2n) is 23.9. The van der Waals surface area contributed by atoms with Gasteiger partial charge in [-0.2, -0.15) is 0 Å². The maximum atomic E-state index is 13.5. The summed E-state index contributed by atoms with van der Waals surface area (Å²) >= 11 is 0. The van der Waals surface area contributed by atoms with Gasteiger partial charge >= 0.3 is 17.9 Å². The minimum atomic E-state index is -0.965. The van der Waals surface area contributed by atoms with E-state index in [0.717, 1.165) is 122 Å². The second-order valence-corrected chi connectivity index (χ2v) is 23.9. The molecule has 10 heteroatoms. The second kappa shape index (κ2) is 43.4. The molecule has 0 radical (unpaired) electrons. The highest BCUT2D eigenvalue weighted by atomic mass is 16.6. The van der Waals surface area contributed by atoms with Crippen LogP contribution in [-0.4, -0.2) is 104 Å². The number of carbonyl (C=O) groups is 3. The number of nitrogens with zero attached hydrogens (tertiary/aromatic N) is 2. The summed E-state index contributed by atoms with van der Waals surface area (Å²) in [5, 5.41) is 11.4. The number of esters is 3. The number of hydrogen-bond acceptors (Lipinski definition) is 10. The van der Waals surface area contributed by atoms with E-state index in [1.807, 2.05) is 32.8 Å². The Morgan fingerprint density at radius 3 is 1.33 bits per heavy atom. The van der Waals surface area contributed by atoms with Gasteiger partial charge in [0.2, 0.25) is 0 Å². The molecule has 72 heavy (non-hydrogen) atoms. The lowest BCUT2D eigenvalue weighted by Gasteiger charge is -2.28. The van der Waals surface area contributed by atoms with Crippen molar-refractivity contribution in [2.75, 3.05) is 40.3 Å². The Bertz CT molecular complexity index is 1280. The molecule has 426 valence electrons. The van der Waals surface area contributed by atoms with Crippen LogP contribution in [0.5, 0.6) is 0 Å². The van der Waals surface area contributed by atoms with Crippen LogP contribution in [0.4, 0.5) is 0 Å². The molecule has 0 aromatic heterocycles. The molecule has 1 aliphatic heterocycles. The predicted molar refractivity (Wildman–Crippen MR) is 301 cm³/mol. The van der Waals surface area contributed by atoms with Gasteiger partial charge < -0.3 is 29.0 Å². The molecule has 1 rings (SSSR count). The summed E-state index contributed by atoms with van der Waals surface area (Å²) in [6.07, 6.45) is 40.2. The van der Waals surface area contributed by atoms with Crippen LogP contribution in [0.3, 0.4) is 0 Å². The van der Waals surface area contributed by atoms with Crippen LogP contribution >= 0.6 is 0 Å². The van der Waals surface area contributed by atoms with E-state index in [9.17, 15) is 19.5 Å². The molecule has 1 unspecified atom stereocenters. The molecule has 0 saturated carbocycles. The highest BCUT2D eigenvalue weighted by molar-refractivity contribution is 5.76. The number of likely N-dealkylation sites (tertiary alicyclic amines) is 1. The van der Waals surface area contributed by atoms with E-state index in [0.29, 0.717) is 32.5 Å². The topological polar surface area (TPSA) is 115 Å². The third kappa shape index (κ3) is 34.7. The summed E-state index contributed by atoms with van der Waals surface area (Å²) in [6.45, 7) is 19.7. The zero-order chi connectivity index (χ0) is 53.3. The van der Waals surface area contributed by atoms with E-state index < -0.39 is 17.1 Å². The van der Waals surface area contributed by atoms with E-state index in [2.05, 4.69) is 46.4 Å². The molecule has 1 saturated heterocycles. The number of hydrogen-bond donors (Lipinski definition) is 1. The van der Waals surface area contributed by atoms with Crippen LogP contribution in [0, 0.1) is 10.8 Å². The standard InChI is InChI=1S/C62H120N2O8/c1-11-15-19-23-27-35-43-54(44-36-28-24-20-16-12-2)72-60(68)62(7,8)47-38-30-32-40-50-69-58(66)56-51-55(70-57(65)45-49-63(9)10)52-64(56)48-39-31-29-37-46-61(5,6)59(67)71-53(41-33-25-21-17-13-3)42-34-26-22-18-14-4/h53-56,58,66H,11-52H2,1-10H3/t55-,56-,58?/m0/s1. The van der Waals surface area contributed by atoms with Crippen molar-refractivity contribution in [2.45, 2.75) is 330 Å². The van der Waals surface area contributed by atoms with E-state index in [1.165, 1.54) is 116 Å². The van der Waals surface area contributed by atoms with Crippen molar-refractivity contribution < 1.29 is 38.4 Å². The zero-order valence-electron chi connectivity index (χ0n) is 49.3. The Morgan fingerprint density at radius 2 is 0.917 bits per heavy atom. The fourth-order valence-electron chi connectivity index (χ4n) is 10.3. The van der Waals surface area contributed by atoms with Crippen LogP contribution in [0.25, 0.3) is 0 Å². The summed E-state index contributed by atoms with van der Waals surface area (Å²) < 4.78 is 24.5. The molecule has 0 amide bonds. The normalized spacial score (nSPS) is 16.1. The van der Waals surface area contributed by atoms with Gasteiger partial charge in [0.15, 0.2) is 6.29 Å². The number of carbonyl (C=O) groups excluding carboxylic acids is 3. The van der Waals surface area contributed by atoms with Crippen LogP contribution in [0.2, 0.25) is 0 Å². The van der Waals surface area contributed by atoms with E-state index in [4.69, 9.17) is 18.9 Å². The SMILES string of the molecule is CCCCCCCCC(CCCCCCCC)OC(=O)C(C)(C)CCCCCCOC(O)[C@@H]1C[C@H](OC(=O)CCN(C)C)CN1CCCCCCC(C)(C)C(=O)OC(CCCCCCC)CCCCCCC. The van der Waals surface area contributed by atoms with Crippen molar-refractivity contribution in [3.05, 3.63) is 0 Å². The third-order valence-electron chi connectivity index (χ3n) is 15.5. The molecule has 0 aromatic carbocycles. The highest BCUT2D eigenvalue weighted by Gasteiger charge is 2.39. The number of rotatable bonds is 50. The van der Waals surface area contributed by atoms with Gasteiger partial charge in [0, 0.05) is 26.1 Å². The summed E-state index contributed by atoms with van der Waals surface area (Å²) in [5.41, 5.74) is -1.03. The number of unbranched alkanes of at least 4 members (excludes halogenated alkanes) is 24. The molecule has 3 atom stereocenters. The monoisotopic (exact) mass is 1020 g/mol. The van der Waals surface area contributed by atoms with Crippen LogP contribution in [0.1, 0.15) is 299 Å². The van der Waals surface area contributed by atoms with Gasteiger partial charge in [-0.1, -0.05) is 182 Å². The van der Waals surface area contributed by atoms with Crippen molar-refractivity contribution in [1.82, 2.24) is 9.80 Å². The smallest absolute Gasteiger partial charge is 0.311 e. The number of aliphatic hydroxyl groups excluding tert-OH is 1. The van der Waals surface area contributed by atoms with Crippen molar-refractivity contribution in [1.29, 1.82) is 0 Å². The van der Waals surface area contributed by atoms with Crippen molar-refractivity contribution >= 4 is 17.9 Å². The first-order valence-corrected chi connectivity index (χ1v) is 30.9. The molecule has 1 N–H and O–H groups in total. The minimum Gasteiger partial charge on any atom is -0.462 e. The van der Waals surface area contributed by atoms with E-state index in [1.54, 1.807) is 0 Å². The molecule has 0 aromatic rings. The van der Waals surface area contributed by atoms with Crippen molar-refractivity contribution in [3.63, 3.8) is 0 Å². The van der Waals surface area contributed by atoms with Gasteiger partial charge in [-0.25, -0.2) is 0 Å². The Hall–Kier alpha value is -1.75. The molecule has 10 nitrogen and oxygen atoms in total. The molecule has 0 bridgehead atoms. The Kier molecular flexibility index (Phi) is 41.1. The van der Waals surface area contributed by atoms with Gasteiger partial charge in [0.05, 0.1) is 23.3 Å². The lowest BCUT2D eigenvalue weighted by atomic mass is 9.86. The molecule has 0 spiro atoms. The van der Waals surface area contributed by atoms with Crippen LogP contribution in [0.15, 0.2) is 0 Å². The highest BCUT2D eigenvalue weighted by Crippen LogP contribution is 2.31. The van der Waals surface area contributed by atoms with Gasteiger partial charge in [-0.05, 0) is 125 Å². The predicted octanol–water partition coefficient (Wildman–Crippen LogP) is 16.3. The Morgan fingerprint density at radius 1 is 0.542 bits per heavy atom. The molecular formula is C62H120N2O8. The molecule has 1 fully saturated rings. The third-order valence-corrected chi connectivity index (χ3v) is 15.5. The first kappa shape index (κ1) is 68.3. The van der Waals surface area contributed by atoms with Crippen molar-refractivity contribution in [3.8, 4) is 0 Å². The van der Waals surface area contributed by atoms with Crippen LogP contribution in [-0.2, 0) is 33.3 Å². The number of ether oxygens (including phenoxy) is 4. The summed E-state index contributed by atoms with van der Waals surface area (Å²) in [5.74, 6) is -0.291. The van der Waals surface area contributed by atoms with E-state index >= 15 is 0 Å². The lowest BCUT2D eigenvalue weighted by Crippen LogP contribution is -2.41. The minimum absolute atomic E-state index is 0.0300. The van der Waals surface area contributed by atoms with Gasteiger partial charge in [-0.15, -0.1) is 0 Å². The Balaban J connectivity index is 2.64. The summed E-state index contributed by atoms with van der Waals surface area (Å²) in [4.78, 5) is 44.0. The van der Waals surface area contributed by atoms with Crippen LogP contribution < -0.4 is 0 Å². The maximum Gasteiger partial charge on any atom is 0.311 e. The molecular weight excluding hydrogens is 901 g/mol. The van der Waals surface area contributed by atoms with Gasteiger partial charge in [-0.3, -0.25) is 19.3 Å². The molecule has 1 heterocycles. The van der Waals surface area contributed by atoms with Gasteiger partial charge in [0.25, 0.3) is 0 Å². The molecule has 0 aliphatic carbocycles. The van der Waals surface area contributed by atoms with Gasteiger partial charge in [0.1, 0.15) is 18.3 Å². The summed E-state index contributed by atoms with van der Waals surface area (Å²) in [7, 11) is 3.90. The fourth-order valence-corrected chi connectivity index (χ4v) is 10.3. The average Bonchev–Trinajstić information content (AvgIpc) is 3.75. The lowest BCUT2D eigenvalue weighted by molar-refractivity contribution is -0.161. The summed E-state index contributed by atoms with van der Waals surface area (Å²) in [6, 6.07) is -0.241. The maximum absolute atomic E-state index is 13.5. The Labute approximate surface area is 445 Å². The number of aliphatic hydroxyl groups is 1. The van der Waals surface area contributed by atoms with Crippen molar-refractivity contribution in [2.24, 2.45) is 10.8 Å². The first-order chi connectivity index (χ1) is 34.6. The quantitative estimate of drug-likeness (QED) is 0.0273. The fraction of sp³-hybridized carbons (Fsp3) is 0.952. The molecule has 1 aliphatic rings. The zero-order valence-corrected chi connectivity index (χ0v) is 49.3. The van der Waals surface area contributed by atoms with E-state index in [-0.39, 0.29) is 42.3 Å². The largest absolute Gasteiger partial charge is 0.462 e.